The molecule has 0 saturated heterocycles. The van der Waals surface area contributed by atoms with Crippen molar-refractivity contribution >= 4 is 5.91 Å². The lowest BCUT2D eigenvalue weighted by Crippen LogP contribution is -2.36. The van der Waals surface area contributed by atoms with Gasteiger partial charge in [0.2, 0.25) is 5.91 Å². The first kappa shape index (κ1) is 11.7. The Labute approximate surface area is 89.8 Å². The Morgan fingerprint density at radius 3 is 2.87 bits per heavy atom. The van der Waals surface area contributed by atoms with Gasteiger partial charge in [0.05, 0.1) is 0 Å². The van der Waals surface area contributed by atoms with Crippen molar-refractivity contribution in [2.45, 2.75) is 19.4 Å². The minimum Gasteiger partial charge on any atom is -0.324 e. The van der Waals surface area contributed by atoms with Gasteiger partial charge in [0.15, 0.2) is 0 Å². The van der Waals surface area contributed by atoms with Crippen LogP contribution in [0.3, 0.4) is 0 Å². The summed E-state index contributed by atoms with van der Waals surface area (Å²) in [4.78, 5) is 11.3. The molecular formula is C11H17N3O. The Kier molecular flexibility index (Phi) is 4.27. The molecule has 0 saturated carbocycles. The molecule has 4 nitrogen and oxygen atoms in total. The first-order valence-electron chi connectivity index (χ1n) is 4.91. The van der Waals surface area contributed by atoms with E-state index in [1.807, 2.05) is 31.2 Å². The first-order valence-corrected chi connectivity index (χ1v) is 4.91. The van der Waals surface area contributed by atoms with Crippen molar-refractivity contribution in [2.75, 3.05) is 7.05 Å². The zero-order chi connectivity index (χ0) is 11.3. The van der Waals surface area contributed by atoms with Crippen molar-refractivity contribution in [1.29, 1.82) is 0 Å². The quantitative estimate of drug-likeness (QED) is 0.635. The number of benzene rings is 1. The Morgan fingerprint density at radius 1 is 1.53 bits per heavy atom. The van der Waals surface area contributed by atoms with Crippen LogP contribution in [0, 0.1) is 6.92 Å². The average molecular weight is 207 g/mol. The molecule has 0 aromatic heterocycles. The SMILES string of the molecule is CNNC(=O)CC(N)c1cccc(C)c1. The molecular weight excluding hydrogens is 190 g/mol. The smallest absolute Gasteiger partial charge is 0.235 e. The summed E-state index contributed by atoms with van der Waals surface area (Å²) in [5, 5.41) is 0. The first-order chi connectivity index (χ1) is 7.13. The van der Waals surface area contributed by atoms with Gasteiger partial charge in [0.25, 0.3) is 0 Å². The number of aryl methyl sites for hydroxylation is 1. The fourth-order valence-corrected chi connectivity index (χ4v) is 1.41. The second-order valence-electron chi connectivity index (χ2n) is 3.52. The van der Waals surface area contributed by atoms with Gasteiger partial charge in [-0.3, -0.25) is 10.2 Å². The number of hydrogen-bond donors (Lipinski definition) is 3. The lowest BCUT2D eigenvalue weighted by molar-refractivity contribution is -0.122. The van der Waals surface area contributed by atoms with Crippen LogP contribution in [0.15, 0.2) is 24.3 Å². The minimum absolute atomic E-state index is 0.105. The molecule has 0 spiro atoms. The van der Waals surface area contributed by atoms with Crippen LogP contribution in [-0.4, -0.2) is 13.0 Å². The molecule has 0 aliphatic carbocycles. The molecule has 0 bridgehead atoms. The monoisotopic (exact) mass is 207 g/mol. The Hall–Kier alpha value is -1.39. The summed E-state index contributed by atoms with van der Waals surface area (Å²) in [6, 6.07) is 7.63. The van der Waals surface area contributed by atoms with Gasteiger partial charge in [0.1, 0.15) is 0 Å². The fraction of sp³-hybridized carbons (Fsp3) is 0.364. The van der Waals surface area contributed by atoms with Gasteiger partial charge in [0, 0.05) is 19.5 Å². The number of rotatable bonds is 4. The summed E-state index contributed by atoms with van der Waals surface area (Å²) < 4.78 is 0. The molecule has 1 aromatic carbocycles. The summed E-state index contributed by atoms with van der Waals surface area (Å²) in [7, 11) is 1.65. The second kappa shape index (κ2) is 5.48. The normalized spacial score (nSPS) is 12.2. The van der Waals surface area contributed by atoms with E-state index in [-0.39, 0.29) is 18.4 Å². The van der Waals surface area contributed by atoms with E-state index >= 15 is 0 Å². The number of nitrogens with two attached hydrogens (primary N) is 1. The van der Waals surface area contributed by atoms with Gasteiger partial charge < -0.3 is 5.73 Å². The summed E-state index contributed by atoms with van der Waals surface area (Å²) in [5.74, 6) is -0.105. The highest BCUT2D eigenvalue weighted by atomic mass is 16.2. The summed E-state index contributed by atoms with van der Waals surface area (Å²) in [6.45, 7) is 2.00. The maximum atomic E-state index is 11.3. The van der Waals surface area contributed by atoms with E-state index in [1.54, 1.807) is 7.05 Å². The van der Waals surface area contributed by atoms with E-state index in [9.17, 15) is 4.79 Å². The molecule has 82 valence electrons. The molecule has 0 aliphatic rings. The number of carbonyl (C=O) groups is 1. The number of hydrogen-bond acceptors (Lipinski definition) is 3. The van der Waals surface area contributed by atoms with E-state index in [2.05, 4.69) is 10.9 Å². The van der Waals surface area contributed by atoms with Crippen molar-refractivity contribution in [3.63, 3.8) is 0 Å². The molecule has 0 fully saturated rings. The standard InChI is InChI=1S/C11H17N3O/c1-8-4-3-5-9(6-8)10(12)7-11(15)14-13-2/h3-6,10,13H,7,12H2,1-2H3,(H,14,15). The van der Waals surface area contributed by atoms with Crippen molar-refractivity contribution < 1.29 is 4.79 Å². The van der Waals surface area contributed by atoms with Crippen molar-refractivity contribution in [1.82, 2.24) is 10.9 Å². The van der Waals surface area contributed by atoms with E-state index in [0.717, 1.165) is 11.1 Å². The van der Waals surface area contributed by atoms with Gasteiger partial charge >= 0.3 is 0 Å². The predicted octanol–water partition coefficient (Wildman–Crippen LogP) is 0.636. The van der Waals surface area contributed by atoms with Crippen LogP contribution in [0.25, 0.3) is 0 Å². The lowest BCUT2D eigenvalue weighted by Gasteiger charge is -2.12. The van der Waals surface area contributed by atoms with Crippen LogP contribution in [0.4, 0.5) is 0 Å². The largest absolute Gasteiger partial charge is 0.324 e. The summed E-state index contributed by atoms with van der Waals surface area (Å²) in [6.07, 6.45) is 0.282. The molecule has 4 heteroatoms. The van der Waals surface area contributed by atoms with E-state index < -0.39 is 0 Å². The fourth-order valence-electron chi connectivity index (χ4n) is 1.41. The number of amides is 1. The average Bonchev–Trinajstić information content (AvgIpc) is 2.18. The Balaban J connectivity index is 2.60. The Morgan fingerprint density at radius 2 is 2.27 bits per heavy atom. The van der Waals surface area contributed by atoms with Crippen LogP contribution < -0.4 is 16.6 Å². The molecule has 1 atom stereocenters. The molecule has 1 rings (SSSR count). The van der Waals surface area contributed by atoms with Gasteiger partial charge in [-0.15, -0.1) is 0 Å². The topological polar surface area (TPSA) is 67.1 Å². The van der Waals surface area contributed by atoms with Gasteiger partial charge in [-0.1, -0.05) is 29.8 Å². The highest BCUT2D eigenvalue weighted by Crippen LogP contribution is 2.14. The highest BCUT2D eigenvalue weighted by Gasteiger charge is 2.10. The number of carbonyl (C=O) groups excluding carboxylic acids is 1. The maximum Gasteiger partial charge on any atom is 0.235 e. The molecule has 0 aliphatic heterocycles. The molecule has 4 N–H and O–H groups in total. The van der Waals surface area contributed by atoms with Crippen molar-refractivity contribution in [2.24, 2.45) is 5.73 Å². The van der Waals surface area contributed by atoms with E-state index in [1.165, 1.54) is 0 Å². The molecule has 0 heterocycles. The molecule has 15 heavy (non-hydrogen) atoms. The predicted molar refractivity (Wildman–Crippen MR) is 59.9 cm³/mol. The van der Waals surface area contributed by atoms with Crippen LogP contribution in [-0.2, 0) is 4.79 Å². The summed E-state index contributed by atoms with van der Waals surface area (Å²) in [5.41, 5.74) is 13.1. The second-order valence-corrected chi connectivity index (χ2v) is 3.52. The third-order valence-corrected chi connectivity index (χ3v) is 2.14. The van der Waals surface area contributed by atoms with Gasteiger partial charge in [-0.2, -0.15) is 0 Å². The van der Waals surface area contributed by atoms with Crippen LogP contribution in [0.2, 0.25) is 0 Å². The zero-order valence-electron chi connectivity index (χ0n) is 9.08. The van der Waals surface area contributed by atoms with E-state index in [4.69, 9.17) is 5.73 Å². The molecule has 1 unspecified atom stereocenters. The van der Waals surface area contributed by atoms with Crippen molar-refractivity contribution in [3.05, 3.63) is 35.4 Å². The Bertz CT molecular complexity index is 338. The molecule has 0 radical (unpaired) electrons. The summed E-state index contributed by atoms with van der Waals surface area (Å²) >= 11 is 0. The van der Waals surface area contributed by atoms with Crippen LogP contribution >= 0.6 is 0 Å². The maximum absolute atomic E-state index is 11.3. The van der Waals surface area contributed by atoms with Gasteiger partial charge in [-0.05, 0) is 12.5 Å². The van der Waals surface area contributed by atoms with Gasteiger partial charge in [-0.25, -0.2) is 5.43 Å². The van der Waals surface area contributed by atoms with E-state index in [0.29, 0.717) is 0 Å². The third kappa shape index (κ3) is 3.69. The third-order valence-electron chi connectivity index (χ3n) is 2.14. The van der Waals surface area contributed by atoms with Crippen molar-refractivity contribution in [3.8, 4) is 0 Å². The van der Waals surface area contributed by atoms with Crippen LogP contribution in [0.1, 0.15) is 23.6 Å². The minimum atomic E-state index is -0.252. The highest BCUT2D eigenvalue weighted by molar-refractivity contribution is 5.76. The molecule has 1 aromatic rings. The number of hydrazine groups is 1. The van der Waals surface area contributed by atoms with Crippen LogP contribution in [0.5, 0.6) is 0 Å². The lowest BCUT2D eigenvalue weighted by atomic mass is 10.0. The zero-order valence-corrected chi connectivity index (χ0v) is 9.08. The molecule has 1 amide bonds. The number of nitrogens with one attached hydrogen (secondary N) is 2.